The summed E-state index contributed by atoms with van der Waals surface area (Å²) >= 11 is 0. The number of carbonyl (C=O) groups excluding carboxylic acids is 3. The molecule has 8 nitrogen and oxygen atoms in total. The number of aromatic nitrogens is 4. The minimum atomic E-state index is -0.614. The Kier molecular flexibility index (Phi) is 7.88. The summed E-state index contributed by atoms with van der Waals surface area (Å²) in [6, 6.07) is 45.6. The molecule has 1 N–H and O–H groups in total. The summed E-state index contributed by atoms with van der Waals surface area (Å²) in [5.41, 5.74) is 3.34. The lowest BCUT2D eigenvalue weighted by atomic mass is 9.94. The molecule has 0 spiro atoms. The molecule has 0 saturated heterocycles. The molecule has 0 radical (unpaired) electrons. The Labute approximate surface area is 270 Å². The first-order valence-corrected chi connectivity index (χ1v) is 15.0. The summed E-state index contributed by atoms with van der Waals surface area (Å²) in [5, 5.41) is 12.2. The van der Waals surface area contributed by atoms with Gasteiger partial charge in [0.05, 0.1) is 28.2 Å². The molecule has 1 amide bonds. The highest BCUT2D eigenvalue weighted by Crippen LogP contribution is 2.33. The van der Waals surface area contributed by atoms with Gasteiger partial charge in [0.25, 0.3) is 5.91 Å². The van der Waals surface area contributed by atoms with Gasteiger partial charge in [0, 0.05) is 23.0 Å². The molecule has 5 aromatic carbocycles. The van der Waals surface area contributed by atoms with Gasteiger partial charge in [0.15, 0.2) is 11.5 Å². The Balaban J connectivity index is 1.46. The number of rotatable bonds is 9. The molecule has 0 saturated carbocycles. The average molecular weight is 614 g/mol. The Morgan fingerprint density at radius 2 is 1.06 bits per heavy atom. The number of hydrogen-bond acceptors (Lipinski definition) is 5. The number of nitrogens with one attached hydrogen (secondary N) is 1. The van der Waals surface area contributed by atoms with Crippen LogP contribution in [0.25, 0.3) is 22.6 Å². The molecule has 2 aromatic heterocycles. The van der Waals surface area contributed by atoms with Crippen LogP contribution < -0.4 is 5.32 Å². The van der Waals surface area contributed by atoms with Gasteiger partial charge in [-0.25, -0.2) is 9.36 Å². The summed E-state index contributed by atoms with van der Waals surface area (Å²) in [6.45, 7) is 0. The average Bonchev–Trinajstić information content (AvgIpc) is 3.77. The summed E-state index contributed by atoms with van der Waals surface area (Å²) < 4.78 is 3.10. The van der Waals surface area contributed by atoms with Gasteiger partial charge < -0.3 is 5.32 Å². The van der Waals surface area contributed by atoms with Crippen molar-refractivity contribution >= 4 is 23.2 Å². The number of ketones is 2. The van der Waals surface area contributed by atoms with Crippen molar-refractivity contribution in [3.63, 3.8) is 0 Å². The fourth-order valence-electron chi connectivity index (χ4n) is 5.40. The predicted molar refractivity (Wildman–Crippen MR) is 180 cm³/mol. The van der Waals surface area contributed by atoms with E-state index >= 15 is 0 Å². The molecule has 47 heavy (non-hydrogen) atoms. The van der Waals surface area contributed by atoms with Crippen LogP contribution in [0.1, 0.15) is 42.5 Å². The smallest absolute Gasteiger partial charge is 0.276 e. The van der Waals surface area contributed by atoms with Crippen LogP contribution in [0, 0.1) is 0 Å². The third-order valence-corrected chi connectivity index (χ3v) is 7.64. The van der Waals surface area contributed by atoms with Crippen LogP contribution >= 0.6 is 0 Å². The van der Waals surface area contributed by atoms with Gasteiger partial charge in [-0.1, -0.05) is 115 Å². The number of carbonyl (C=O) groups is 3. The van der Waals surface area contributed by atoms with Crippen molar-refractivity contribution in [2.75, 3.05) is 5.32 Å². The van der Waals surface area contributed by atoms with E-state index in [0.29, 0.717) is 33.9 Å². The number of nitrogens with zero attached hydrogens (tertiary/aromatic N) is 4. The number of para-hydroxylation sites is 3. The SMILES string of the molecule is O=C(Nc1ccccc1)c1nn(-c2ccccc2)cc1C(=O)c1nn(-c2ccccc2)c(-c2ccccc2)c1C(=O)c1ccccc1. The molecule has 8 heteroatoms. The lowest BCUT2D eigenvalue weighted by Crippen LogP contribution is -2.18. The topological polar surface area (TPSA) is 98.9 Å². The normalized spacial score (nSPS) is 10.8. The van der Waals surface area contributed by atoms with Crippen molar-refractivity contribution in [3.05, 3.63) is 186 Å². The zero-order valence-corrected chi connectivity index (χ0v) is 25.0. The predicted octanol–water partition coefficient (Wildman–Crippen LogP) is 7.44. The molecule has 226 valence electrons. The molecule has 0 bridgehead atoms. The first-order valence-electron chi connectivity index (χ1n) is 15.0. The Morgan fingerprint density at radius 3 is 1.68 bits per heavy atom. The van der Waals surface area contributed by atoms with Gasteiger partial charge in [0.2, 0.25) is 5.78 Å². The molecule has 0 aliphatic rings. The highest BCUT2D eigenvalue weighted by atomic mass is 16.2. The van der Waals surface area contributed by atoms with Crippen molar-refractivity contribution in [1.29, 1.82) is 0 Å². The van der Waals surface area contributed by atoms with Gasteiger partial charge in [-0.05, 0) is 36.4 Å². The molecule has 2 heterocycles. The number of anilines is 1. The molecule has 0 unspecified atom stereocenters. The zero-order valence-electron chi connectivity index (χ0n) is 25.0. The van der Waals surface area contributed by atoms with Crippen LogP contribution in [-0.4, -0.2) is 37.0 Å². The fraction of sp³-hybridized carbons (Fsp3) is 0. The van der Waals surface area contributed by atoms with E-state index < -0.39 is 11.7 Å². The van der Waals surface area contributed by atoms with E-state index in [1.807, 2.05) is 103 Å². The first kappa shape index (κ1) is 29.1. The van der Waals surface area contributed by atoms with Crippen molar-refractivity contribution in [2.24, 2.45) is 0 Å². The Bertz CT molecular complexity index is 2190. The van der Waals surface area contributed by atoms with E-state index in [1.54, 1.807) is 53.2 Å². The molecule has 0 aliphatic carbocycles. The second-order valence-corrected chi connectivity index (χ2v) is 10.7. The second kappa shape index (κ2) is 12.7. The van der Waals surface area contributed by atoms with Gasteiger partial charge in [-0.3, -0.25) is 14.4 Å². The van der Waals surface area contributed by atoms with E-state index in [9.17, 15) is 14.4 Å². The van der Waals surface area contributed by atoms with E-state index in [-0.39, 0.29) is 28.3 Å². The number of hydrogen-bond donors (Lipinski definition) is 1. The maximum atomic E-state index is 14.8. The van der Waals surface area contributed by atoms with Crippen molar-refractivity contribution < 1.29 is 14.4 Å². The van der Waals surface area contributed by atoms with Gasteiger partial charge >= 0.3 is 0 Å². The van der Waals surface area contributed by atoms with E-state index in [2.05, 4.69) is 10.4 Å². The maximum absolute atomic E-state index is 14.8. The van der Waals surface area contributed by atoms with Crippen LogP contribution in [0.4, 0.5) is 5.69 Å². The van der Waals surface area contributed by atoms with Crippen LogP contribution in [0.3, 0.4) is 0 Å². The molecular formula is C39H27N5O3. The minimum Gasteiger partial charge on any atom is -0.321 e. The van der Waals surface area contributed by atoms with Crippen molar-refractivity contribution in [1.82, 2.24) is 19.6 Å². The lowest BCUT2D eigenvalue weighted by molar-refractivity contribution is 0.0986. The van der Waals surface area contributed by atoms with Crippen LogP contribution in [0.15, 0.2) is 158 Å². The summed E-state index contributed by atoms with van der Waals surface area (Å²) in [7, 11) is 0. The Hall–Kier alpha value is -6.67. The molecule has 0 fully saturated rings. The largest absolute Gasteiger partial charge is 0.321 e. The van der Waals surface area contributed by atoms with Crippen LogP contribution in [-0.2, 0) is 0 Å². The molecule has 0 atom stereocenters. The standard InChI is InChI=1S/C39H27N5O3/c45-37(28-18-8-2-9-19-28)33-35(42-44(31-24-14-5-15-25-31)36(33)27-16-6-1-7-17-27)38(46)32-26-43(30-22-12-4-13-23-30)41-34(32)39(47)40-29-20-10-3-11-21-29/h1-26H,(H,40,47). The highest BCUT2D eigenvalue weighted by Gasteiger charge is 2.33. The molecule has 0 aliphatic heterocycles. The first-order chi connectivity index (χ1) is 23.1. The van der Waals surface area contributed by atoms with E-state index in [4.69, 9.17) is 5.10 Å². The second-order valence-electron chi connectivity index (χ2n) is 10.7. The van der Waals surface area contributed by atoms with Crippen molar-refractivity contribution in [3.8, 4) is 22.6 Å². The van der Waals surface area contributed by atoms with Gasteiger partial charge in [0.1, 0.15) is 5.69 Å². The maximum Gasteiger partial charge on any atom is 0.276 e. The monoisotopic (exact) mass is 613 g/mol. The van der Waals surface area contributed by atoms with Crippen LogP contribution in [0.5, 0.6) is 0 Å². The number of benzene rings is 5. The van der Waals surface area contributed by atoms with Crippen molar-refractivity contribution in [2.45, 2.75) is 0 Å². The summed E-state index contributed by atoms with van der Waals surface area (Å²) in [6.07, 6.45) is 1.51. The third-order valence-electron chi connectivity index (χ3n) is 7.64. The van der Waals surface area contributed by atoms with E-state index in [1.165, 1.54) is 10.9 Å². The molecular weight excluding hydrogens is 586 g/mol. The molecule has 7 rings (SSSR count). The number of amides is 1. The lowest BCUT2D eigenvalue weighted by Gasteiger charge is -2.10. The van der Waals surface area contributed by atoms with Gasteiger partial charge in [-0.15, -0.1) is 0 Å². The quantitative estimate of drug-likeness (QED) is 0.171. The van der Waals surface area contributed by atoms with Crippen LogP contribution in [0.2, 0.25) is 0 Å². The molecule has 7 aromatic rings. The fourth-order valence-corrected chi connectivity index (χ4v) is 5.40. The zero-order chi connectivity index (χ0) is 32.2. The summed E-state index contributed by atoms with van der Waals surface area (Å²) in [4.78, 5) is 43.0. The minimum absolute atomic E-state index is 0.00159. The summed E-state index contributed by atoms with van der Waals surface area (Å²) in [5.74, 6) is -1.56. The van der Waals surface area contributed by atoms with Gasteiger partial charge in [-0.2, -0.15) is 10.2 Å². The third kappa shape index (κ3) is 5.79. The Morgan fingerprint density at radius 1 is 0.532 bits per heavy atom. The highest BCUT2D eigenvalue weighted by molar-refractivity contribution is 6.23. The van der Waals surface area contributed by atoms with E-state index in [0.717, 1.165) is 0 Å².